The van der Waals surface area contributed by atoms with E-state index in [4.69, 9.17) is 10.9 Å². The van der Waals surface area contributed by atoms with E-state index in [1.165, 1.54) is 5.41 Å². The van der Waals surface area contributed by atoms with Crippen molar-refractivity contribution >= 4 is 15.7 Å². The van der Waals surface area contributed by atoms with E-state index in [9.17, 15) is 8.42 Å². The van der Waals surface area contributed by atoms with Gasteiger partial charge in [-0.2, -0.15) is 0 Å². The number of nitrogens with one attached hydrogen (secondary N) is 1. The smallest absolute Gasteiger partial charge is 0.173 e. The van der Waals surface area contributed by atoms with E-state index in [1.54, 1.807) is 13.0 Å². The van der Waals surface area contributed by atoms with Crippen LogP contribution in [0.4, 0.5) is 0 Å². The Kier molecular flexibility index (Phi) is 3.70. The molecule has 1 aliphatic heterocycles. The van der Waals surface area contributed by atoms with Gasteiger partial charge in [0.1, 0.15) is 5.84 Å². The minimum Gasteiger partial charge on any atom is -0.409 e. The van der Waals surface area contributed by atoms with Crippen LogP contribution >= 0.6 is 0 Å². The van der Waals surface area contributed by atoms with Crippen LogP contribution in [0.25, 0.3) is 0 Å². The predicted octanol–water partition coefficient (Wildman–Crippen LogP) is -0.731. The second-order valence-electron chi connectivity index (χ2n) is 3.60. The van der Waals surface area contributed by atoms with E-state index < -0.39 is 9.84 Å². The fraction of sp³-hybridized carbons (Fsp3) is 0.625. The maximum absolute atomic E-state index is 11.1. The van der Waals surface area contributed by atoms with Crippen LogP contribution < -0.4 is 11.1 Å². The zero-order chi connectivity index (χ0) is 11.5. The van der Waals surface area contributed by atoms with Crippen molar-refractivity contribution in [2.24, 2.45) is 16.8 Å². The normalized spacial score (nSPS) is 26.7. The summed E-state index contributed by atoms with van der Waals surface area (Å²) in [5, 5.41) is 15.5. The van der Waals surface area contributed by atoms with Gasteiger partial charge in [0.25, 0.3) is 0 Å². The summed E-state index contributed by atoms with van der Waals surface area (Å²) in [6, 6.07) is -0.177. The molecule has 0 bridgehead atoms. The first-order chi connectivity index (χ1) is 6.94. The van der Waals surface area contributed by atoms with Crippen LogP contribution in [0, 0.1) is 5.92 Å². The number of oxime groups is 1. The molecular formula is C8H15N3O3S. The Morgan fingerprint density at radius 3 is 2.93 bits per heavy atom. The molecule has 0 amide bonds. The number of nitrogens with two attached hydrogens (primary N) is 1. The van der Waals surface area contributed by atoms with Crippen molar-refractivity contribution < 1.29 is 13.6 Å². The van der Waals surface area contributed by atoms with Crippen LogP contribution in [-0.2, 0) is 9.84 Å². The number of hydrogen-bond donors (Lipinski definition) is 3. The highest BCUT2D eigenvalue weighted by molar-refractivity contribution is 7.94. The van der Waals surface area contributed by atoms with Crippen LogP contribution in [0.15, 0.2) is 16.6 Å². The quantitative estimate of drug-likeness (QED) is 0.257. The highest BCUT2D eigenvalue weighted by Crippen LogP contribution is 2.08. The molecule has 2 atom stereocenters. The molecule has 1 aliphatic rings. The lowest BCUT2D eigenvalue weighted by molar-refractivity contribution is 0.314. The Balaban J connectivity index is 2.37. The number of sulfone groups is 1. The maximum Gasteiger partial charge on any atom is 0.173 e. The zero-order valence-corrected chi connectivity index (χ0v) is 9.24. The monoisotopic (exact) mass is 233 g/mol. The number of rotatable bonds is 4. The molecular weight excluding hydrogens is 218 g/mol. The highest BCUT2D eigenvalue weighted by Gasteiger charge is 2.21. The molecule has 2 unspecified atom stereocenters. The molecule has 0 aromatic rings. The standard InChI is InChI=1S/C8H15N3O3S/c1-6(8(9)11-12)4-10-7-2-3-15(13,14)5-7/h2-3,6-7,10,12H,4-5H2,1H3,(H2,9,11). The molecule has 0 aromatic carbocycles. The number of amidine groups is 1. The van der Waals surface area contributed by atoms with E-state index >= 15 is 0 Å². The van der Waals surface area contributed by atoms with Gasteiger partial charge in [0.2, 0.25) is 0 Å². The molecule has 0 radical (unpaired) electrons. The third-order valence-corrected chi connectivity index (χ3v) is 3.63. The molecule has 0 saturated carbocycles. The average molecular weight is 233 g/mol. The van der Waals surface area contributed by atoms with Gasteiger partial charge < -0.3 is 16.3 Å². The minimum absolute atomic E-state index is 0.0793. The lowest BCUT2D eigenvalue weighted by atomic mass is 10.1. The average Bonchev–Trinajstić information content (AvgIpc) is 2.53. The van der Waals surface area contributed by atoms with Gasteiger partial charge in [0, 0.05) is 23.9 Å². The zero-order valence-electron chi connectivity index (χ0n) is 8.42. The van der Waals surface area contributed by atoms with E-state index in [-0.39, 0.29) is 23.5 Å². The van der Waals surface area contributed by atoms with Gasteiger partial charge in [-0.05, 0) is 0 Å². The molecule has 15 heavy (non-hydrogen) atoms. The second kappa shape index (κ2) is 4.63. The topological polar surface area (TPSA) is 105 Å². The van der Waals surface area contributed by atoms with Crippen LogP contribution in [0.2, 0.25) is 0 Å². The first kappa shape index (κ1) is 12.0. The third kappa shape index (κ3) is 3.52. The Hall–Kier alpha value is -1.08. The molecule has 0 spiro atoms. The fourth-order valence-corrected chi connectivity index (χ4v) is 2.50. The van der Waals surface area contributed by atoms with Crippen LogP contribution in [-0.4, -0.2) is 37.8 Å². The molecule has 1 rings (SSSR count). The molecule has 0 fully saturated rings. The van der Waals surface area contributed by atoms with E-state index in [1.807, 2.05) is 0 Å². The minimum atomic E-state index is -3.02. The van der Waals surface area contributed by atoms with Crippen LogP contribution in [0.1, 0.15) is 6.92 Å². The lowest BCUT2D eigenvalue weighted by Crippen LogP contribution is -2.37. The molecule has 86 valence electrons. The Bertz CT molecular complexity index is 375. The largest absolute Gasteiger partial charge is 0.409 e. The van der Waals surface area contributed by atoms with Gasteiger partial charge >= 0.3 is 0 Å². The summed E-state index contributed by atoms with van der Waals surface area (Å²) < 4.78 is 22.1. The summed E-state index contributed by atoms with van der Waals surface area (Å²) >= 11 is 0. The molecule has 0 aromatic heterocycles. The SMILES string of the molecule is CC(CNC1C=CS(=O)(=O)C1)C(N)=NO. The summed E-state index contributed by atoms with van der Waals surface area (Å²) in [5.74, 6) is 0.0784. The van der Waals surface area contributed by atoms with Crippen molar-refractivity contribution in [3.05, 3.63) is 11.5 Å². The predicted molar refractivity (Wildman–Crippen MR) is 57.3 cm³/mol. The highest BCUT2D eigenvalue weighted by atomic mass is 32.2. The van der Waals surface area contributed by atoms with Crippen molar-refractivity contribution in [2.45, 2.75) is 13.0 Å². The van der Waals surface area contributed by atoms with Crippen LogP contribution in [0.3, 0.4) is 0 Å². The number of hydrogen-bond acceptors (Lipinski definition) is 5. The molecule has 4 N–H and O–H groups in total. The van der Waals surface area contributed by atoms with Crippen molar-refractivity contribution in [3.8, 4) is 0 Å². The van der Waals surface area contributed by atoms with Gasteiger partial charge in [-0.15, -0.1) is 0 Å². The summed E-state index contributed by atoms with van der Waals surface area (Å²) in [6.07, 6.45) is 1.61. The summed E-state index contributed by atoms with van der Waals surface area (Å²) in [4.78, 5) is 0. The van der Waals surface area contributed by atoms with Crippen molar-refractivity contribution in [1.29, 1.82) is 0 Å². The molecule has 1 heterocycles. The molecule has 7 heteroatoms. The maximum atomic E-state index is 11.1. The summed E-state index contributed by atoms with van der Waals surface area (Å²) in [7, 11) is -3.02. The molecule has 0 aliphatic carbocycles. The summed E-state index contributed by atoms with van der Waals surface area (Å²) in [5.41, 5.74) is 5.38. The van der Waals surface area contributed by atoms with E-state index in [0.29, 0.717) is 6.54 Å². The van der Waals surface area contributed by atoms with Gasteiger partial charge in [-0.1, -0.05) is 18.2 Å². The third-order valence-electron chi connectivity index (χ3n) is 2.24. The second-order valence-corrected chi connectivity index (χ2v) is 5.53. The molecule has 6 nitrogen and oxygen atoms in total. The van der Waals surface area contributed by atoms with Gasteiger partial charge in [0.05, 0.1) is 5.75 Å². The Labute approximate surface area is 88.8 Å². The van der Waals surface area contributed by atoms with E-state index in [2.05, 4.69) is 10.5 Å². The van der Waals surface area contributed by atoms with Crippen LogP contribution in [0.5, 0.6) is 0 Å². The first-order valence-electron chi connectivity index (χ1n) is 4.56. The number of nitrogens with zero attached hydrogens (tertiary/aromatic N) is 1. The Morgan fingerprint density at radius 2 is 2.47 bits per heavy atom. The fourth-order valence-electron chi connectivity index (χ4n) is 1.23. The summed E-state index contributed by atoms with van der Waals surface area (Å²) in [6.45, 7) is 2.26. The van der Waals surface area contributed by atoms with Gasteiger partial charge in [-0.25, -0.2) is 8.42 Å². The van der Waals surface area contributed by atoms with Crippen molar-refractivity contribution in [3.63, 3.8) is 0 Å². The lowest BCUT2D eigenvalue weighted by Gasteiger charge is -2.14. The Morgan fingerprint density at radius 1 is 1.80 bits per heavy atom. The van der Waals surface area contributed by atoms with Gasteiger partial charge in [-0.3, -0.25) is 0 Å². The molecule has 0 saturated heterocycles. The van der Waals surface area contributed by atoms with E-state index in [0.717, 1.165) is 0 Å². The van der Waals surface area contributed by atoms with Crippen molar-refractivity contribution in [2.75, 3.05) is 12.3 Å². The van der Waals surface area contributed by atoms with Crippen molar-refractivity contribution in [1.82, 2.24) is 5.32 Å². The first-order valence-corrected chi connectivity index (χ1v) is 6.28. The van der Waals surface area contributed by atoms with Gasteiger partial charge in [0.15, 0.2) is 9.84 Å².